The molecule has 0 aliphatic heterocycles. The van der Waals surface area contributed by atoms with Crippen molar-refractivity contribution in [2.24, 2.45) is 0 Å². The second kappa shape index (κ2) is 7.03. The molecule has 0 fully saturated rings. The third-order valence-electron chi connectivity index (χ3n) is 4.04. The maximum Gasteiger partial charge on any atom is 0.266 e. The zero-order valence-corrected chi connectivity index (χ0v) is 14.2. The van der Waals surface area contributed by atoms with Gasteiger partial charge in [-0.2, -0.15) is 5.26 Å². The molecular formula is C20H16N2O4. The summed E-state index contributed by atoms with van der Waals surface area (Å²) in [6.07, 6.45) is 0. The van der Waals surface area contributed by atoms with Gasteiger partial charge in [0.15, 0.2) is 0 Å². The summed E-state index contributed by atoms with van der Waals surface area (Å²) in [4.78, 5) is 15.1. The van der Waals surface area contributed by atoms with Gasteiger partial charge >= 0.3 is 0 Å². The number of benzene rings is 2. The van der Waals surface area contributed by atoms with Gasteiger partial charge < -0.3 is 19.6 Å². The second-order valence-electron chi connectivity index (χ2n) is 5.52. The number of hydrogen-bond acceptors (Lipinski definition) is 5. The summed E-state index contributed by atoms with van der Waals surface area (Å²) in [6.45, 7) is 0. The largest absolute Gasteiger partial charge is 0.507 e. The van der Waals surface area contributed by atoms with Gasteiger partial charge in [-0.1, -0.05) is 12.1 Å². The van der Waals surface area contributed by atoms with Gasteiger partial charge in [0.2, 0.25) is 0 Å². The van der Waals surface area contributed by atoms with Crippen LogP contribution in [0.4, 0.5) is 0 Å². The van der Waals surface area contributed by atoms with Crippen LogP contribution in [-0.2, 0) is 0 Å². The number of phenols is 1. The first kappa shape index (κ1) is 17.1. The number of methoxy groups -OCH3 is 2. The molecule has 1 aromatic heterocycles. The van der Waals surface area contributed by atoms with Crippen LogP contribution in [-0.4, -0.2) is 24.3 Å². The molecule has 26 heavy (non-hydrogen) atoms. The Morgan fingerprint density at radius 3 is 2.23 bits per heavy atom. The van der Waals surface area contributed by atoms with E-state index in [0.29, 0.717) is 33.9 Å². The number of nitriles is 1. The molecule has 0 unspecified atom stereocenters. The fourth-order valence-electron chi connectivity index (χ4n) is 2.67. The van der Waals surface area contributed by atoms with Crippen molar-refractivity contribution in [2.45, 2.75) is 0 Å². The lowest BCUT2D eigenvalue weighted by atomic mass is 9.98. The summed E-state index contributed by atoms with van der Waals surface area (Å²) < 4.78 is 10.3. The fourth-order valence-corrected chi connectivity index (χ4v) is 2.67. The van der Waals surface area contributed by atoms with Crippen LogP contribution in [0.5, 0.6) is 17.2 Å². The van der Waals surface area contributed by atoms with E-state index >= 15 is 0 Å². The lowest BCUT2D eigenvalue weighted by molar-refractivity contribution is 0.412. The van der Waals surface area contributed by atoms with E-state index in [4.69, 9.17) is 9.47 Å². The molecule has 130 valence electrons. The fraction of sp³-hybridized carbons (Fsp3) is 0.100. The van der Waals surface area contributed by atoms with Crippen molar-refractivity contribution in [2.75, 3.05) is 14.2 Å². The highest BCUT2D eigenvalue weighted by molar-refractivity contribution is 5.77. The highest BCUT2D eigenvalue weighted by atomic mass is 16.5. The number of aromatic hydroxyl groups is 1. The predicted molar refractivity (Wildman–Crippen MR) is 97.4 cm³/mol. The molecule has 3 rings (SSSR count). The molecule has 2 aromatic carbocycles. The van der Waals surface area contributed by atoms with Gasteiger partial charge in [0.1, 0.15) is 28.9 Å². The minimum Gasteiger partial charge on any atom is -0.507 e. The van der Waals surface area contributed by atoms with Crippen LogP contribution in [0, 0.1) is 11.3 Å². The number of nitrogens with one attached hydrogen (secondary N) is 1. The standard InChI is InChI=1S/C20H16N2O4/c1-25-13-5-3-12(4-6-13)15-10-18(22-20(24)17(15)11-21)16-9-14(26-2)7-8-19(16)23/h3-10,23H,1-2H3,(H,22,24). The van der Waals surface area contributed by atoms with Crippen molar-refractivity contribution in [3.8, 4) is 45.7 Å². The van der Waals surface area contributed by atoms with E-state index in [1.54, 1.807) is 49.6 Å². The number of H-pyrrole nitrogens is 1. The summed E-state index contributed by atoms with van der Waals surface area (Å²) >= 11 is 0. The zero-order chi connectivity index (χ0) is 18.7. The lowest BCUT2D eigenvalue weighted by Gasteiger charge is -2.11. The third kappa shape index (κ3) is 3.10. The molecule has 0 amide bonds. The van der Waals surface area contributed by atoms with Crippen LogP contribution in [0.2, 0.25) is 0 Å². The molecule has 3 aromatic rings. The first-order valence-corrected chi connectivity index (χ1v) is 7.76. The number of hydrogen-bond donors (Lipinski definition) is 2. The number of rotatable bonds is 4. The van der Waals surface area contributed by atoms with Gasteiger partial charge in [-0.05, 0) is 42.0 Å². The lowest BCUT2D eigenvalue weighted by Crippen LogP contribution is -2.12. The Hall–Kier alpha value is -3.72. The number of ether oxygens (including phenoxy) is 2. The van der Waals surface area contributed by atoms with Gasteiger partial charge in [0.05, 0.1) is 19.9 Å². The quantitative estimate of drug-likeness (QED) is 0.754. The molecule has 0 aliphatic carbocycles. The van der Waals surface area contributed by atoms with Crippen molar-refractivity contribution in [1.29, 1.82) is 5.26 Å². The van der Waals surface area contributed by atoms with Crippen molar-refractivity contribution in [3.63, 3.8) is 0 Å². The molecule has 6 heteroatoms. The summed E-state index contributed by atoms with van der Waals surface area (Å²) in [5.41, 5.74) is 1.42. The second-order valence-corrected chi connectivity index (χ2v) is 5.52. The van der Waals surface area contributed by atoms with Crippen LogP contribution in [0.25, 0.3) is 22.4 Å². The maximum absolute atomic E-state index is 12.4. The highest BCUT2D eigenvalue weighted by Gasteiger charge is 2.15. The summed E-state index contributed by atoms with van der Waals surface area (Å²) in [5, 5.41) is 19.6. The highest BCUT2D eigenvalue weighted by Crippen LogP contribution is 2.34. The van der Waals surface area contributed by atoms with E-state index in [0.717, 1.165) is 0 Å². The monoisotopic (exact) mass is 348 g/mol. The average Bonchev–Trinajstić information content (AvgIpc) is 2.68. The molecule has 0 saturated carbocycles. The van der Waals surface area contributed by atoms with Crippen LogP contribution >= 0.6 is 0 Å². The molecule has 0 saturated heterocycles. The van der Waals surface area contributed by atoms with E-state index in [9.17, 15) is 15.2 Å². The van der Waals surface area contributed by atoms with Gasteiger partial charge in [-0.25, -0.2) is 0 Å². The van der Waals surface area contributed by atoms with Crippen molar-refractivity contribution >= 4 is 0 Å². The maximum atomic E-state index is 12.4. The topological polar surface area (TPSA) is 95.3 Å². The molecule has 2 N–H and O–H groups in total. The van der Waals surface area contributed by atoms with Crippen molar-refractivity contribution < 1.29 is 14.6 Å². The minimum absolute atomic E-state index is 0.00121. The third-order valence-corrected chi connectivity index (χ3v) is 4.04. The average molecular weight is 348 g/mol. The van der Waals surface area contributed by atoms with Gasteiger partial charge in [0.25, 0.3) is 5.56 Å². The Morgan fingerprint density at radius 1 is 0.962 bits per heavy atom. The Morgan fingerprint density at radius 2 is 1.62 bits per heavy atom. The predicted octanol–water partition coefficient (Wildman–Crippen LogP) is 3.30. The van der Waals surface area contributed by atoms with Gasteiger partial charge in [-0.15, -0.1) is 0 Å². The van der Waals surface area contributed by atoms with E-state index in [2.05, 4.69) is 4.98 Å². The molecule has 0 spiro atoms. The normalized spacial score (nSPS) is 10.2. The Balaban J connectivity index is 2.22. The Labute approximate surface area is 149 Å². The summed E-state index contributed by atoms with van der Waals surface area (Å²) in [7, 11) is 3.08. The van der Waals surface area contributed by atoms with E-state index in [1.165, 1.54) is 13.2 Å². The SMILES string of the molecule is COc1ccc(-c2cc(-c3cc(OC)ccc3O)[nH]c(=O)c2C#N)cc1. The van der Waals surface area contributed by atoms with Crippen LogP contribution in [0.3, 0.4) is 0 Å². The molecule has 0 aliphatic rings. The first-order chi connectivity index (χ1) is 12.6. The number of phenolic OH excluding ortho intramolecular Hbond substituents is 1. The molecule has 0 atom stereocenters. The van der Waals surface area contributed by atoms with Crippen LogP contribution in [0.1, 0.15) is 5.56 Å². The minimum atomic E-state index is -0.530. The first-order valence-electron chi connectivity index (χ1n) is 7.76. The van der Waals surface area contributed by atoms with E-state index in [-0.39, 0.29) is 11.3 Å². The van der Waals surface area contributed by atoms with Crippen molar-refractivity contribution in [3.05, 3.63) is 64.4 Å². The van der Waals surface area contributed by atoms with E-state index in [1.807, 2.05) is 6.07 Å². The Kier molecular flexibility index (Phi) is 4.63. The van der Waals surface area contributed by atoms with Crippen LogP contribution in [0.15, 0.2) is 53.3 Å². The van der Waals surface area contributed by atoms with Crippen LogP contribution < -0.4 is 15.0 Å². The number of aromatic amines is 1. The molecule has 6 nitrogen and oxygen atoms in total. The summed E-state index contributed by atoms with van der Waals surface area (Å²) in [6, 6.07) is 15.4. The summed E-state index contributed by atoms with van der Waals surface area (Å²) in [5.74, 6) is 1.20. The molecular weight excluding hydrogens is 332 g/mol. The number of pyridine rings is 1. The Bertz CT molecular complexity index is 1050. The van der Waals surface area contributed by atoms with Gasteiger partial charge in [0, 0.05) is 11.1 Å². The molecule has 0 bridgehead atoms. The van der Waals surface area contributed by atoms with E-state index < -0.39 is 5.56 Å². The number of nitrogens with zero attached hydrogens (tertiary/aromatic N) is 1. The molecule has 1 heterocycles. The number of aromatic nitrogens is 1. The smallest absolute Gasteiger partial charge is 0.266 e. The van der Waals surface area contributed by atoms with Gasteiger partial charge in [-0.3, -0.25) is 4.79 Å². The van der Waals surface area contributed by atoms with Crippen molar-refractivity contribution in [1.82, 2.24) is 4.98 Å². The molecule has 0 radical (unpaired) electrons. The zero-order valence-electron chi connectivity index (χ0n) is 14.2.